The van der Waals surface area contributed by atoms with Crippen molar-refractivity contribution < 1.29 is 4.39 Å². The maximum atomic E-state index is 13.8. The van der Waals surface area contributed by atoms with E-state index in [2.05, 4.69) is 29.1 Å². The van der Waals surface area contributed by atoms with Crippen LogP contribution in [0.25, 0.3) is 27.9 Å². The molecule has 0 spiro atoms. The zero-order chi connectivity index (χ0) is 17.1. The number of nitrogens with one attached hydrogen (secondary N) is 3. The van der Waals surface area contributed by atoms with Gasteiger partial charge in [0, 0.05) is 47.0 Å². The lowest BCUT2D eigenvalue weighted by molar-refractivity contribution is 0.629. The molecule has 4 heteroatoms. The second-order valence-corrected chi connectivity index (χ2v) is 5.77. The van der Waals surface area contributed by atoms with E-state index in [1.54, 1.807) is 12.1 Å². The van der Waals surface area contributed by atoms with Gasteiger partial charge in [-0.05, 0) is 30.7 Å². The summed E-state index contributed by atoms with van der Waals surface area (Å²) >= 11 is 0. The van der Waals surface area contributed by atoms with E-state index in [9.17, 15) is 4.39 Å². The molecule has 3 aromatic rings. The normalized spacial score (nSPS) is 10.8. The molecule has 0 aliphatic heterocycles. The van der Waals surface area contributed by atoms with Crippen LogP contribution in [0, 0.1) is 5.82 Å². The Hall–Kier alpha value is -2.75. The first-order valence-electron chi connectivity index (χ1n) is 8.17. The van der Waals surface area contributed by atoms with Crippen molar-refractivity contribution >= 4 is 22.3 Å². The number of H-pyrrole nitrogens is 1. The zero-order valence-corrected chi connectivity index (χ0v) is 14.0. The van der Waals surface area contributed by atoms with Gasteiger partial charge >= 0.3 is 0 Å². The quantitative estimate of drug-likeness (QED) is 0.598. The van der Waals surface area contributed by atoms with Crippen LogP contribution in [0.15, 0.2) is 49.0 Å². The van der Waals surface area contributed by atoms with Gasteiger partial charge in [0.05, 0.1) is 5.69 Å². The molecule has 0 atom stereocenters. The Morgan fingerprint density at radius 3 is 2.75 bits per heavy atom. The van der Waals surface area contributed by atoms with E-state index in [4.69, 9.17) is 0 Å². The van der Waals surface area contributed by atoms with Gasteiger partial charge in [0.25, 0.3) is 0 Å². The lowest BCUT2D eigenvalue weighted by Gasteiger charge is -2.13. The first kappa shape index (κ1) is 16.1. The van der Waals surface area contributed by atoms with Gasteiger partial charge in [-0.3, -0.25) is 0 Å². The van der Waals surface area contributed by atoms with Gasteiger partial charge in [-0.2, -0.15) is 0 Å². The summed E-state index contributed by atoms with van der Waals surface area (Å²) in [6.07, 6.45) is 0.998. The van der Waals surface area contributed by atoms with Crippen LogP contribution in [0.5, 0.6) is 0 Å². The smallest absolute Gasteiger partial charge is 0.123 e. The summed E-state index contributed by atoms with van der Waals surface area (Å²) < 4.78 is 13.8. The first-order valence-corrected chi connectivity index (χ1v) is 8.17. The minimum absolute atomic E-state index is 0.250. The molecule has 0 saturated heterocycles. The van der Waals surface area contributed by atoms with Crippen LogP contribution in [-0.2, 0) is 0 Å². The minimum atomic E-state index is -0.250. The van der Waals surface area contributed by atoms with Crippen molar-refractivity contribution in [2.75, 3.05) is 18.9 Å². The highest BCUT2D eigenvalue weighted by Crippen LogP contribution is 2.37. The van der Waals surface area contributed by atoms with Crippen LogP contribution in [-0.4, -0.2) is 18.6 Å². The fraction of sp³-hybridized carbons (Fsp3) is 0.200. The largest absolute Gasteiger partial charge is 0.388 e. The topological polar surface area (TPSA) is 39.8 Å². The van der Waals surface area contributed by atoms with Crippen molar-refractivity contribution in [3.8, 4) is 11.3 Å². The highest BCUT2D eigenvalue weighted by molar-refractivity contribution is 6.01. The van der Waals surface area contributed by atoms with Crippen molar-refractivity contribution in [3.05, 3.63) is 60.4 Å². The predicted octanol–water partition coefficient (Wildman–Crippen LogP) is 4.99. The highest BCUT2D eigenvalue weighted by atomic mass is 19.1. The Kier molecular flexibility index (Phi) is 4.56. The summed E-state index contributed by atoms with van der Waals surface area (Å²) in [5, 5.41) is 7.39. The summed E-state index contributed by atoms with van der Waals surface area (Å²) in [5.41, 5.74) is 5.59. The van der Waals surface area contributed by atoms with Gasteiger partial charge in [-0.25, -0.2) is 4.39 Å². The molecular formula is C20H22FN3. The molecule has 0 amide bonds. The van der Waals surface area contributed by atoms with E-state index in [0.29, 0.717) is 0 Å². The molecule has 1 heterocycles. The molecule has 1 aromatic heterocycles. The van der Waals surface area contributed by atoms with Crippen LogP contribution in [0.4, 0.5) is 10.1 Å². The lowest BCUT2D eigenvalue weighted by atomic mass is 10.0. The maximum Gasteiger partial charge on any atom is 0.123 e. The van der Waals surface area contributed by atoms with Gasteiger partial charge < -0.3 is 15.6 Å². The Labute approximate surface area is 141 Å². The van der Waals surface area contributed by atoms with Crippen LogP contribution < -0.4 is 10.6 Å². The fourth-order valence-corrected chi connectivity index (χ4v) is 2.96. The number of fused-ring (bicyclic) bond motifs is 1. The third-order valence-electron chi connectivity index (χ3n) is 4.12. The monoisotopic (exact) mass is 323 g/mol. The second-order valence-electron chi connectivity index (χ2n) is 5.77. The van der Waals surface area contributed by atoms with Gasteiger partial charge in [-0.1, -0.05) is 31.7 Å². The van der Waals surface area contributed by atoms with Crippen molar-refractivity contribution in [1.29, 1.82) is 0 Å². The number of hydrogen-bond acceptors (Lipinski definition) is 2. The minimum Gasteiger partial charge on any atom is -0.388 e. The SMILES string of the molecule is C=C(NCCC)c1c(-c2ccccc2NC)[nH]c2ccc(F)cc12. The van der Waals surface area contributed by atoms with Gasteiger partial charge in [0.15, 0.2) is 0 Å². The number of benzene rings is 2. The molecule has 0 aliphatic rings. The molecular weight excluding hydrogens is 301 g/mol. The average molecular weight is 323 g/mol. The van der Waals surface area contributed by atoms with Crippen LogP contribution in [0.3, 0.4) is 0 Å². The molecule has 0 bridgehead atoms. The average Bonchev–Trinajstić information content (AvgIpc) is 2.98. The number of halogens is 1. The van der Waals surface area contributed by atoms with E-state index in [0.717, 1.165) is 52.1 Å². The summed E-state index contributed by atoms with van der Waals surface area (Å²) in [4.78, 5) is 3.43. The van der Waals surface area contributed by atoms with Crippen molar-refractivity contribution in [3.63, 3.8) is 0 Å². The van der Waals surface area contributed by atoms with Gasteiger partial charge in [0.2, 0.25) is 0 Å². The number of aromatic nitrogens is 1. The first-order chi connectivity index (χ1) is 11.7. The molecule has 124 valence electrons. The van der Waals surface area contributed by atoms with E-state index < -0.39 is 0 Å². The van der Waals surface area contributed by atoms with Crippen molar-refractivity contribution in [2.45, 2.75) is 13.3 Å². The zero-order valence-electron chi connectivity index (χ0n) is 14.0. The standard InChI is InChI=1S/C20H22FN3/c1-4-11-23-13(2)19-16-12-14(21)9-10-18(16)24-20(19)15-7-5-6-8-17(15)22-3/h5-10,12,22-24H,2,4,11H2,1,3H3. The maximum absolute atomic E-state index is 13.8. The van der Waals surface area contributed by atoms with Crippen LogP contribution in [0.1, 0.15) is 18.9 Å². The van der Waals surface area contributed by atoms with E-state index in [-0.39, 0.29) is 5.82 Å². The lowest BCUT2D eigenvalue weighted by Crippen LogP contribution is -2.12. The molecule has 3 nitrogen and oxygen atoms in total. The van der Waals surface area contributed by atoms with E-state index in [1.165, 1.54) is 6.07 Å². The summed E-state index contributed by atoms with van der Waals surface area (Å²) in [7, 11) is 1.89. The number of hydrogen-bond donors (Lipinski definition) is 3. The number of aromatic amines is 1. The fourth-order valence-electron chi connectivity index (χ4n) is 2.96. The Balaban J connectivity index is 2.25. The Bertz CT molecular complexity index is 880. The highest BCUT2D eigenvalue weighted by Gasteiger charge is 2.18. The number of rotatable bonds is 6. The van der Waals surface area contributed by atoms with Gasteiger partial charge in [0.1, 0.15) is 5.82 Å². The predicted molar refractivity (Wildman–Crippen MR) is 101 cm³/mol. The molecule has 3 N–H and O–H groups in total. The summed E-state index contributed by atoms with van der Waals surface area (Å²) in [6.45, 7) is 7.11. The number of anilines is 1. The molecule has 0 aliphatic carbocycles. The van der Waals surface area contributed by atoms with Gasteiger partial charge in [-0.15, -0.1) is 0 Å². The Morgan fingerprint density at radius 1 is 1.21 bits per heavy atom. The Morgan fingerprint density at radius 2 is 2.00 bits per heavy atom. The van der Waals surface area contributed by atoms with E-state index >= 15 is 0 Å². The summed E-state index contributed by atoms with van der Waals surface area (Å²) in [6, 6.07) is 12.9. The molecule has 3 rings (SSSR count). The molecule has 0 radical (unpaired) electrons. The second kappa shape index (κ2) is 6.79. The van der Waals surface area contributed by atoms with E-state index in [1.807, 2.05) is 31.3 Å². The number of para-hydroxylation sites is 1. The van der Waals surface area contributed by atoms with Crippen LogP contribution in [0.2, 0.25) is 0 Å². The molecule has 2 aromatic carbocycles. The van der Waals surface area contributed by atoms with Crippen molar-refractivity contribution in [2.24, 2.45) is 0 Å². The molecule has 0 saturated carbocycles. The molecule has 0 unspecified atom stereocenters. The molecule has 24 heavy (non-hydrogen) atoms. The molecule has 0 fully saturated rings. The van der Waals surface area contributed by atoms with Crippen molar-refractivity contribution in [1.82, 2.24) is 10.3 Å². The van der Waals surface area contributed by atoms with Crippen LogP contribution >= 0.6 is 0 Å². The third-order valence-corrected chi connectivity index (χ3v) is 4.12. The third kappa shape index (κ3) is 2.87. The summed E-state index contributed by atoms with van der Waals surface area (Å²) in [5.74, 6) is -0.250.